The molecule has 1 heterocycles. The Hall–Kier alpha value is -0.930. The van der Waals surface area contributed by atoms with Crippen molar-refractivity contribution in [2.45, 2.75) is 19.5 Å². The van der Waals surface area contributed by atoms with Crippen molar-refractivity contribution >= 4 is 0 Å². The molecule has 0 aliphatic rings. The van der Waals surface area contributed by atoms with Gasteiger partial charge in [-0.3, -0.25) is 4.98 Å². The van der Waals surface area contributed by atoms with E-state index in [4.69, 9.17) is 5.73 Å². The lowest BCUT2D eigenvalue weighted by atomic mass is 10.2. The zero-order valence-corrected chi connectivity index (χ0v) is 8.27. The van der Waals surface area contributed by atoms with E-state index < -0.39 is 0 Å². The molecule has 0 fully saturated rings. The van der Waals surface area contributed by atoms with E-state index in [1.807, 2.05) is 31.5 Å². The summed E-state index contributed by atoms with van der Waals surface area (Å²) < 4.78 is 0. The Labute approximate surface area is 79.6 Å². The molecule has 0 aliphatic carbocycles. The van der Waals surface area contributed by atoms with Crippen LogP contribution in [0.4, 0.5) is 0 Å². The van der Waals surface area contributed by atoms with Gasteiger partial charge in [-0.25, -0.2) is 0 Å². The first-order valence-corrected chi connectivity index (χ1v) is 4.51. The molecule has 13 heavy (non-hydrogen) atoms. The molecule has 0 spiro atoms. The van der Waals surface area contributed by atoms with Crippen molar-refractivity contribution in [3.05, 3.63) is 30.1 Å². The number of hydrogen-bond donors (Lipinski definition) is 1. The van der Waals surface area contributed by atoms with E-state index in [2.05, 4.69) is 16.9 Å². The second-order valence-electron chi connectivity index (χ2n) is 3.53. The highest BCUT2D eigenvalue weighted by Crippen LogP contribution is 2.00. The monoisotopic (exact) mass is 179 g/mol. The Bertz CT molecular complexity index is 233. The summed E-state index contributed by atoms with van der Waals surface area (Å²) in [6.45, 7) is 3.87. The van der Waals surface area contributed by atoms with Crippen LogP contribution < -0.4 is 5.73 Å². The molecule has 3 nitrogen and oxygen atoms in total. The van der Waals surface area contributed by atoms with E-state index in [1.54, 1.807) is 0 Å². The molecule has 0 radical (unpaired) electrons. The fourth-order valence-corrected chi connectivity index (χ4v) is 1.36. The summed E-state index contributed by atoms with van der Waals surface area (Å²) in [6, 6.07) is 4.28. The zero-order valence-electron chi connectivity index (χ0n) is 8.27. The van der Waals surface area contributed by atoms with Gasteiger partial charge < -0.3 is 10.6 Å². The van der Waals surface area contributed by atoms with Gasteiger partial charge in [0.1, 0.15) is 0 Å². The Morgan fingerprint density at radius 1 is 1.46 bits per heavy atom. The quantitative estimate of drug-likeness (QED) is 0.745. The molecule has 1 aromatic heterocycles. The number of nitrogens with zero attached hydrogens (tertiary/aromatic N) is 2. The van der Waals surface area contributed by atoms with Gasteiger partial charge in [0.25, 0.3) is 0 Å². The highest BCUT2D eigenvalue weighted by atomic mass is 15.1. The zero-order chi connectivity index (χ0) is 9.68. The molecule has 3 heteroatoms. The first-order chi connectivity index (χ1) is 6.18. The number of pyridine rings is 1. The van der Waals surface area contributed by atoms with Gasteiger partial charge >= 0.3 is 0 Å². The third-order valence-corrected chi connectivity index (χ3v) is 1.80. The number of nitrogens with two attached hydrogens (primary N) is 1. The van der Waals surface area contributed by atoms with E-state index >= 15 is 0 Å². The maximum Gasteiger partial charge on any atom is 0.0271 e. The van der Waals surface area contributed by atoms with Crippen LogP contribution >= 0.6 is 0 Å². The molecule has 0 bridgehead atoms. The van der Waals surface area contributed by atoms with E-state index in [9.17, 15) is 0 Å². The van der Waals surface area contributed by atoms with Gasteiger partial charge in [-0.05, 0) is 31.7 Å². The largest absolute Gasteiger partial charge is 0.327 e. The van der Waals surface area contributed by atoms with Gasteiger partial charge in [0.15, 0.2) is 0 Å². The Kier molecular flexibility index (Phi) is 3.86. The van der Waals surface area contributed by atoms with Gasteiger partial charge in [0.05, 0.1) is 0 Å². The molecule has 1 rings (SSSR count). The summed E-state index contributed by atoms with van der Waals surface area (Å²) in [7, 11) is 2.07. The van der Waals surface area contributed by atoms with Crippen LogP contribution in [0.1, 0.15) is 12.5 Å². The molecule has 0 saturated carbocycles. The molecule has 0 aliphatic heterocycles. The Balaban J connectivity index is 2.41. The summed E-state index contributed by atoms with van der Waals surface area (Å²) in [5.41, 5.74) is 6.97. The molecular formula is C10H17N3. The average Bonchev–Trinajstić information content (AvgIpc) is 2.04. The van der Waals surface area contributed by atoms with Crippen molar-refractivity contribution in [2.24, 2.45) is 5.73 Å². The second kappa shape index (κ2) is 4.94. The lowest BCUT2D eigenvalue weighted by molar-refractivity contribution is 0.310. The maximum absolute atomic E-state index is 5.69. The van der Waals surface area contributed by atoms with Crippen molar-refractivity contribution in [2.75, 3.05) is 13.6 Å². The molecule has 0 saturated heterocycles. The van der Waals surface area contributed by atoms with Crippen LogP contribution in [0.5, 0.6) is 0 Å². The van der Waals surface area contributed by atoms with Crippen molar-refractivity contribution < 1.29 is 0 Å². The van der Waals surface area contributed by atoms with Gasteiger partial charge in [-0.15, -0.1) is 0 Å². The lowest BCUT2D eigenvalue weighted by Crippen LogP contribution is -2.32. The smallest absolute Gasteiger partial charge is 0.0271 e. The number of aromatic nitrogens is 1. The predicted octanol–water partition coefficient (Wildman–Crippen LogP) is 0.861. The van der Waals surface area contributed by atoms with Gasteiger partial charge in [-0.2, -0.15) is 0 Å². The van der Waals surface area contributed by atoms with Crippen molar-refractivity contribution in [3.8, 4) is 0 Å². The minimum absolute atomic E-state index is 0.229. The van der Waals surface area contributed by atoms with Crippen molar-refractivity contribution in [1.29, 1.82) is 0 Å². The fraction of sp³-hybridized carbons (Fsp3) is 0.500. The Morgan fingerprint density at radius 2 is 2.08 bits per heavy atom. The maximum atomic E-state index is 5.69. The molecule has 72 valence electrons. The Morgan fingerprint density at radius 3 is 2.62 bits per heavy atom. The molecule has 0 unspecified atom stereocenters. The highest BCUT2D eigenvalue weighted by molar-refractivity contribution is 5.09. The summed E-state index contributed by atoms with van der Waals surface area (Å²) in [6.07, 6.45) is 3.63. The molecule has 0 amide bonds. The standard InChI is InChI=1S/C10H17N3/c1-9(11)7-13(2)8-10-3-5-12-6-4-10/h3-6,9H,7-8,11H2,1-2H3/t9-/m0/s1. The minimum atomic E-state index is 0.229. The van der Waals surface area contributed by atoms with Crippen LogP contribution in [-0.4, -0.2) is 29.5 Å². The second-order valence-corrected chi connectivity index (χ2v) is 3.53. The first-order valence-electron chi connectivity index (χ1n) is 4.51. The molecule has 0 aromatic carbocycles. The summed E-state index contributed by atoms with van der Waals surface area (Å²) >= 11 is 0. The van der Waals surface area contributed by atoms with E-state index in [-0.39, 0.29) is 6.04 Å². The third-order valence-electron chi connectivity index (χ3n) is 1.80. The van der Waals surface area contributed by atoms with Gasteiger partial charge in [-0.1, -0.05) is 0 Å². The van der Waals surface area contributed by atoms with Crippen LogP contribution in [0.2, 0.25) is 0 Å². The summed E-state index contributed by atoms with van der Waals surface area (Å²) in [5, 5.41) is 0. The number of rotatable bonds is 4. The average molecular weight is 179 g/mol. The molecule has 2 N–H and O–H groups in total. The highest BCUT2D eigenvalue weighted by Gasteiger charge is 2.01. The molecule has 1 atom stereocenters. The lowest BCUT2D eigenvalue weighted by Gasteiger charge is -2.18. The first kappa shape index (κ1) is 10.2. The number of likely N-dealkylation sites (N-methyl/N-ethyl adjacent to an activating group) is 1. The van der Waals surface area contributed by atoms with Crippen molar-refractivity contribution in [3.63, 3.8) is 0 Å². The van der Waals surface area contributed by atoms with Crippen LogP contribution in [0.25, 0.3) is 0 Å². The van der Waals surface area contributed by atoms with Crippen LogP contribution in [0.15, 0.2) is 24.5 Å². The van der Waals surface area contributed by atoms with Crippen molar-refractivity contribution in [1.82, 2.24) is 9.88 Å². The molecule has 1 aromatic rings. The topological polar surface area (TPSA) is 42.1 Å². The van der Waals surface area contributed by atoms with E-state index in [0.717, 1.165) is 13.1 Å². The van der Waals surface area contributed by atoms with Gasteiger partial charge in [0, 0.05) is 31.5 Å². The predicted molar refractivity (Wildman–Crippen MR) is 54.2 cm³/mol. The summed E-state index contributed by atoms with van der Waals surface area (Å²) in [5.74, 6) is 0. The normalized spacial score (nSPS) is 13.2. The van der Waals surface area contributed by atoms with E-state index in [1.165, 1.54) is 5.56 Å². The SMILES string of the molecule is C[C@H](N)CN(C)Cc1ccncc1. The van der Waals surface area contributed by atoms with Gasteiger partial charge in [0.2, 0.25) is 0 Å². The van der Waals surface area contributed by atoms with Crippen LogP contribution in [0, 0.1) is 0 Å². The third kappa shape index (κ3) is 4.01. The minimum Gasteiger partial charge on any atom is -0.327 e. The van der Waals surface area contributed by atoms with Crippen LogP contribution in [0.3, 0.4) is 0 Å². The molecular weight excluding hydrogens is 162 g/mol. The fourth-order valence-electron chi connectivity index (χ4n) is 1.36. The number of hydrogen-bond acceptors (Lipinski definition) is 3. The van der Waals surface area contributed by atoms with E-state index in [0.29, 0.717) is 0 Å². The van der Waals surface area contributed by atoms with Crippen LogP contribution in [-0.2, 0) is 6.54 Å². The summed E-state index contributed by atoms with van der Waals surface area (Å²) in [4.78, 5) is 6.18.